The number of benzene rings is 2. The zero-order valence-electron chi connectivity index (χ0n) is 15.4. The van der Waals surface area contributed by atoms with Crippen LogP contribution in [-0.4, -0.2) is 15.7 Å². The molecule has 27 heavy (non-hydrogen) atoms. The molecule has 5 heteroatoms. The van der Waals surface area contributed by atoms with Gasteiger partial charge >= 0.3 is 0 Å². The highest BCUT2D eigenvalue weighted by atomic mass is 35.5. The number of rotatable bonds is 6. The SMILES string of the molecule is Cc1cc(C)n(Cc2cccc(CNC(=O)/C=C/c3cccc(Cl)c3)c2)n1. The Morgan fingerprint density at radius 1 is 1.11 bits per heavy atom. The number of nitrogens with zero attached hydrogens (tertiary/aromatic N) is 2. The van der Waals surface area contributed by atoms with E-state index in [1.165, 1.54) is 6.08 Å². The lowest BCUT2D eigenvalue weighted by Crippen LogP contribution is -2.20. The highest BCUT2D eigenvalue weighted by Crippen LogP contribution is 2.12. The maximum absolute atomic E-state index is 12.1. The van der Waals surface area contributed by atoms with Crippen molar-refractivity contribution in [1.29, 1.82) is 0 Å². The van der Waals surface area contributed by atoms with Crippen molar-refractivity contribution in [3.05, 3.63) is 93.8 Å². The molecule has 0 saturated carbocycles. The molecule has 138 valence electrons. The summed E-state index contributed by atoms with van der Waals surface area (Å²) in [4.78, 5) is 12.1. The maximum atomic E-state index is 12.1. The van der Waals surface area contributed by atoms with Crippen molar-refractivity contribution in [3.63, 3.8) is 0 Å². The Morgan fingerprint density at radius 2 is 1.89 bits per heavy atom. The minimum atomic E-state index is -0.140. The molecule has 1 N–H and O–H groups in total. The molecule has 0 fully saturated rings. The fourth-order valence-electron chi connectivity index (χ4n) is 2.88. The quantitative estimate of drug-likeness (QED) is 0.639. The lowest BCUT2D eigenvalue weighted by atomic mass is 10.1. The average Bonchev–Trinajstić information content (AvgIpc) is 2.95. The Hall–Kier alpha value is -2.85. The standard InChI is InChI=1S/C22H22ClN3O/c1-16-11-17(2)26(25-16)15-20-7-3-6-19(12-20)14-24-22(27)10-9-18-5-4-8-21(23)13-18/h3-13H,14-15H2,1-2H3,(H,24,27)/b10-9+. The van der Waals surface area contributed by atoms with E-state index in [1.54, 1.807) is 12.1 Å². The summed E-state index contributed by atoms with van der Waals surface area (Å²) in [5, 5.41) is 8.06. The summed E-state index contributed by atoms with van der Waals surface area (Å²) in [6.45, 7) is 5.24. The Kier molecular flexibility index (Phi) is 6.09. The van der Waals surface area contributed by atoms with E-state index >= 15 is 0 Å². The van der Waals surface area contributed by atoms with Gasteiger partial charge < -0.3 is 5.32 Å². The summed E-state index contributed by atoms with van der Waals surface area (Å²) in [7, 11) is 0. The molecule has 0 unspecified atom stereocenters. The number of halogens is 1. The largest absolute Gasteiger partial charge is 0.348 e. The third-order valence-electron chi connectivity index (χ3n) is 4.17. The molecular weight excluding hydrogens is 358 g/mol. The second-order valence-corrected chi connectivity index (χ2v) is 6.95. The first-order valence-corrected chi connectivity index (χ1v) is 9.18. The van der Waals surface area contributed by atoms with Crippen molar-refractivity contribution in [2.75, 3.05) is 0 Å². The van der Waals surface area contributed by atoms with Gasteiger partial charge in [0.25, 0.3) is 0 Å². The van der Waals surface area contributed by atoms with E-state index < -0.39 is 0 Å². The van der Waals surface area contributed by atoms with Crippen LogP contribution in [0.25, 0.3) is 6.08 Å². The topological polar surface area (TPSA) is 46.9 Å². The van der Waals surface area contributed by atoms with Gasteiger partial charge in [-0.2, -0.15) is 5.10 Å². The van der Waals surface area contributed by atoms with Gasteiger partial charge in [-0.1, -0.05) is 48.0 Å². The highest BCUT2D eigenvalue weighted by Gasteiger charge is 2.04. The monoisotopic (exact) mass is 379 g/mol. The Labute approximate surface area is 164 Å². The number of hydrogen-bond donors (Lipinski definition) is 1. The van der Waals surface area contributed by atoms with Gasteiger partial charge in [0.2, 0.25) is 5.91 Å². The molecule has 0 aliphatic carbocycles. The summed E-state index contributed by atoms with van der Waals surface area (Å²) in [6, 6.07) is 17.6. The zero-order chi connectivity index (χ0) is 19.2. The number of hydrogen-bond acceptors (Lipinski definition) is 2. The molecule has 4 nitrogen and oxygen atoms in total. The van der Waals surface area contributed by atoms with Crippen molar-refractivity contribution < 1.29 is 4.79 Å². The van der Waals surface area contributed by atoms with Gasteiger partial charge in [0.1, 0.15) is 0 Å². The van der Waals surface area contributed by atoms with E-state index in [1.807, 2.05) is 41.9 Å². The number of nitrogens with one attached hydrogen (secondary N) is 1. The second-order valence-electron chi connectivity index (χ2n) is 6.51. The van der Waals surface area contributed by atoms with Crippen molar-refractivity contribution in [1.82, 2.24) is 15.1 Å². The maximum Gasteiger partial charge on any atom is 0.244 e. The zero-order valence-corrected chi connectivity index (χ0v) is 16.2. The lowest BCUT2D eigenvalue weighted by Gasteiger charge is -2.08. The molecule has 0 aliphatic heterocycles. The molecule has 1 amide bonds. The Morgan fingerprint density at radius 3 is 2.63 bits per heavy atom. The first-order chi connectivity index (χ1) is 13.0. The van der Waals surface area contributed by atoms with Crippen molar-refractivity contribution in [2.24, 2.45) is 0 Å². The fraction of sp³-hybridized carbons (Fsp3) is 0.182. The lowest BCUT2D eigenvalue weighted by molar-refractivity contribution is -0.116. The van der Waals surface area contributed by atoms with Crippen LogP contribution in [0.15, 0.2) is 60.7 Å². The van der Waals surface area contributed by atoms with Crippen molar-refractivity contribution in [3.8, 4) is 0 Å². The predicted molar refractivity (Wildman–Crippen MR) is 110 cm³/mol. The van der Waals surface area contributed by atoms with Gasteiger partial charge in [0.05, 0.1) is 12.2 Å². The number of amides is 1. The smallest absolute Gasteiger partial charge is 0.244 e. The van der Waals surface area contributed by atoms with Gasteiger partial charge in [0.15, 0.2) is 0 Å². The van der Waals surface area contributed by atoms with Crippen LogP contribution < -0.4 is 5.32 Å². The molecular formula is C22H22ClN3O. The molecule has 3 aromatic rings. The van der Waals surface area contributed by atoms with Crippen molar-refractivity contribution in [2.45, 2.75) is 26.9 Å². The predicted octanol–water partition coefficient (Wildman–Crippen LogP) is 4.53. The number of carbonyl (C=O) groups excluding carboxylic acids is 1. The Balaban J connectivity index is 1.58. The van der Waals surface area contributed by atoms with E-state index in [4.69, 9.17) is 11.6 Å². The molecule has 1 heterocycles. The molecule has 0 aliphatic rings. The number of aromatic nitrogens is 2. The summed E-state index contributed by atoms with van der Waals surface area (Å²) >= 11 is 5.94. The third-order valence-corrected chi connectivity index (χ3v) is 4.40. The Bertz CT molecular complexity index is 975. The second kappa shape index (κ2) is 8.69. The van der Waals surface area contributed by atoms with E-state index in [0.29, 0.717) is 11.6 Å². The molecule has 2 aromatic carbocycles. The molecule has 0 radical (unpaired) electrons. The first-order valence-electron chi connectivity index (χ1n) is 8.80. The van der Waals surface area contributed by atoms with Crippen LogP contribution in [0, 0.1) is 13.8 Å². The van der Waals surface area contributed by atoms with Gasteiger partial charge in [-0.15, -0.1) is 0 Å². The van der Waals surface area contributed by atoms with Crippen molar-refractivity contribution >= 4 is 23.6 Å². The van der Waals surface area contributed by atoms with Crippen LogP contribution in [0.5, 0.6) is 0 Å². The fourth-order valence-corrected chi connectivity index (χ4v) is 3.07. The third kappa shape index (κ3) is 5.56. The molecule has 0 spiro atoms. The molecule has 1 aromatic heterocycles. The van der Waals surface area contributed by atoms with Crippen LogP contribution in [0.1, 0.15) is 28.1 Å². The van der Waals surface area contributed by atoms with E-state index in [-0.39, 0.29) is 5.91 Å². The van der Waals surface area contributed by atoms with Crippen LogP contribution in [0.3, 0.4) is 0 Å². The minimum Gasteiger partial charge on any atom is -0.348 e. The van der Waals surface area contributed by atoms with E-state index in [2.05, 4.69) is 35.5 Å². The first kappa shape index (κ1) is 18.9. The highest BCUT2D eigenvalue weighted by molar-refractivity contribution is 6.30. The summed E-state index contributed by atoms with van der Waals surface area (Å²) in [5.41, 5.74) is 5.25. The normalized spacial score (nSPS) is 11.1. The minimum absolute atomic E-state index is 0.140. The molecule has 3 rings (SSSR count). The number of carbonyl (C=O) groups is 1. The van der Waals surface area contributed by atoms with Crippen LogP contribution in [0.2, 0.25) is 5.02 Å². The van der Waals surface area contributed by atoms with E-state index in [9.17, 15) is 4.79 Å². The van der Waals surface area contributed by atoms with Crippen LogP contribution in [0.4, 0.5) is 0 Å². The van der Waals surface area contributed by atoms with E-state index in [0.717, 1.165) is 34.6 Å². The summed E-state index contributed by atoms with van der Waals surface area (Å²) in [6.07, 6.45) is 3.27. The van der Waals surface area contributed by atoms with Gasteiger partial charge in [-0.25, -0.2) is 0 Å². The van der Waals surface area contributed by atoms with Crippen LogP contribution in [-0.2, 0) is 17.9 Å². The molecule has 0 bridgehead atoms. The van der Waals surface area contributed by atoms with Gasteiger partial charge in [-0.05, 0) is 54.8 Å². The van der Waals surface area contributed by atoms with Gasteiger partial charge in [-0.3, -0.25) is 9.48 Å². The summed E-state index contributed by atoms with van der Waals surface area (Å²) in [5.74, 6) is -0.140. The molecule has 0 atom stereocenters. The van der Waals surface area contributed by atoms with Crippen LogP contribution >= 0.6 is 11.6 Å². The molecule has 0 saturated heterocycles. The summed E-state index contributed by atoms with van der Waals surface area (Å²) < 4.78 is 1.99. The number of aryl methyl sites for hydroxylation is 2. The average molecular weight is 380 g/mol. The van der Waals surface area contributed by atoms with Gasteiger partial charge in [0, 0.05) is 23.3 Å².